The fourth-order valence-electron chi connectivity index (χ4n) is 2.22. The zero-order valence-electron chi connectivity index (χ0n) is 12.5. The van der Waals surface area contributed by atoms with Crippen LogP contribution in [0.25, 0.3) is 0 Å². The van der Waals surface area contributed by atoms with Crippen LogP contribution in [0, 0.1) is 0 Å². The summed E-state index contributed by atoms with van der Waals surface area (Å²) in [5, 5.41) is 6.84. The van der Waals surface area contributed by atoms with Gasteiger partial charge >= 0.3 is 0 Å². The van der Waals surface area contributed by atoms with Gasteiger partial charge in [-0.25, -0.2) is 0 Å². The van der Waals surface area contributed by atoms with Crippen LogP contribution in [-0.2, 0) is 0 Å². The molecule has 0 atom stereocenters. The molecule has 0 heterocycles. The molecule has 2 rings (SSSR count). The quantitative estimate of drug-likeness (QED) is 0.599. The topological polar surface area (TPSA) is 50.1 Å². The van der Waals surface area contributed by atoms with E-state index in [-0.39, 0.29) is 0 Å². The van der Waals surface area contributed by atoms with Crippen LogP contribution < -0.4 is 16.4 Å². The van der Waals surface area contributed by atoms with Gasteiger partial charge in [-0.15, -0.1) is 0 Å². The maximum absolute atomic E-state index is 5.48. The first-order valence-corrected chi connectivity index (χ1v) is 7.74. The molecule has 2 aromatic rings. The highest BCUT2D eigenvalue weighted by Crippen LogP contribution is 2.18. The molecule has 0 fully saturated rings. The molecule has 2 aromatic carbocycles. The first-order chi connectivity index (χ1) is 10.4. The first kappa shape index (κ1) is 15.4. The number of nitrogens with two attached hydrogens (primary N) is 1. The Morgan fingerprint density at radius 3 is 2.00 bits per heavy atom. The fourth-order valence-corrected chi connectivity index (χ4v) is 2.22. The van der Waals surface area contributed by atoms with Crippen molar-refractivity contribution in [3.8, 4) is 0 Å². The summed E-state index contributed by atoms with van der Waals surface area (Å²) in [7, 11) is 0. The van der Waals surface area contributed by atoms with Gasteiger partial charge in [0, 0.05) is 23.6 Å². The van der Waals surface area contributed by atoms with Gasteiger partial charge in [0.15, 0.2) is 0 Å². The Bertz CT molecular complexity index is 494. The number of para-hydroxylation sites is 1. The lowest BCUT2D eigenvalue weighted by molar-refractivity contribution is 0.661. The Morgan fingerprint density at radius 1 is 0.667 bits per heavy atom. The van der Waals surface area contributed by atoms with E-state index in [0.29, 0.717) is 0 Å². The van der Waals surface area contributed by atoms with Crippen molar-refractivity contribution in [3.63, 3.8) is 0 Å². The molecule has 0 aromatic heterocycles. The van der Waals surface area contributed by atoms with Crippen LogP contribution in [0.2, 0.25) is 0 Å². The molecule has 0 aliphatic carbocycles. The summed E-state index contributed by atoms with van der Waals surface area (Å²) < 4.78 is 0. The van der Waals surface area contributed by atoms with Crippen molar-refractivity contribution in [2.75, 3.05) is 23.7 Å². The van der Waals surface area contributed by atoms with Gasteiger partial charge in [-0.1, -0.05) is 31.0 Å². The standard InChI is InChI=1S/C18H25N3/c19-14-6-1-2-7-15-20-16-10-12-18(13-11-16)21-17-8-4-3-5-9-17/h3-5,8-13,20-21H,1-2,6-7,14-15,19H2. The number of benzene rings is 2. The van der Waals surface area contributed by atoms with Crippen LogP contribution in [0.4, 0.5) is 17.1 Å². The molecule has 0 spiro atoms. The average Bonchev–Trinajstić information content (AvgIpc) is 2.53. The van der Waals surface area contributed by atoms with Crippen molar-refractivity contribution in [1.82, 2.24) is 0 Å². The summed E-state index contributed by atoms with van der Waals surface area (Å²) >= 11 is 0. The molecule has 0 aliphatic rings. The van der Waals surface area contributed by atoms with E-state index < -0.39 is 0 Å². The van der Waals surface area contributed by atoms with Gasteiger partial charge in [0.1, 0.15) is 0 Å². The van der Waals surface area contributed by atoms with Gasteiger partial charge in [-0.05, 0) is 55.8 Å². The van der Waals surface area contributed by atoms with Gasteiger partial charge < -0.3 is 16.4 Å². The summed E-state index contributed by atoms with van der Waals surface area (Å²) in [6.45, 7) is 1.83. The second-order valence-corrected chi connectivity index (χ2v) is 5.20. The monoisotopic (exact) mass is 283 g/mol. The number of hydrogen-bond acceptors (Lipinski definition) is 3. The molecule has 0 amide bonds. The van der Waals surface area contributed by atoms with Crippen LogP contribution in [0.3, 0.4) is 0 Å². The second kappa shape index (κ2) is 9.03. The third-order valence-electron chi connectivity index (χ3n) is 3.41. The molecule has 0 saturated carbocycles. The summed E-state index contributed by atoms with van der Waals surface area (Å²) in [6, 6.07) is 18.6. The number of hydrogen-bond donors (Lipinski definition) is 3. The molecule has 0 saturated heterocycles. The van der Waals surface area contributed by atoms with E-state index >= 15 is 0 Å². The minimum atomic E-state index is 0.809. The van der Waals surface area contributed by atoms with E-state index in [2.05, 4.69) is 47.0 Å². The Hall–Kier alpha value is -2.00. The largest absolute Gasteiger partial charge is 0.385 e. The number of anilines is 3. The minimum Gasteiger partial charge on any atom is -0.385 e. The summed E-state index contributed by atoms with van der Waals surface area (Å²) in [4.78, 5) is 0. The molecule has 21 heavy (non-hydrogen) atoms. The molecule has 0 radical (unpaired) electrons. The Kier molecular flexibility index (Phi) is 6.62. The number of nitrogens with one attached hydrogen (secondary N) is 2. The van der Waals surface area contributed by atoms with E-state index in [9.17, 15) is 0 Å². The van der Waals surface area contributed by atoms with E-state index in [1.54, 1.807) is 0 Å². The minimum absolute atomic E-state index is 0.809. The van der Waals surface area contributed by atoms with Crippen LogP contribution in [-0.4, -0.2) is 13.1 Å². The Labute approximate surface area is 127 Å². The van der Waals surface area contributed by atoms with Crippen molar-refractivity contribution < 1.29 is 0 Å². The summed E-state index contributed by atoms with van der Waals surface area (Å²) in [5.74, 6) is 0. The van der Waals surface area contributed by atoms with Crippen molar-refractivity contribution in [3.05, 3.63) is 54.6 Å². The number of rotatable bonds is 9. The van der Waals surface area contributed by atoms with Crippen LogP contribution in [0.15, 0.2) is 54.6 Å². The summed E-state index contributed by atoms with van der Waals surface area (Å²) in [5.41, 5.74) is 8.87. The third-order valence-corrected chi connectivity index (χ3v) is 3.41. The average molecular weight is 283 g/mol. The highest BCUT2D eigenvalue weighted by atomic mass is 14.9. The third kappa shape index (κ3) is 5.88. The fraction of sp³-hybridized carbons (Fsp3) is 0.333. The molecule has 0 unspecified atom stereocenters. The molecule has 0 bridgehead atoms. The lowest BCUT2D eigenvalue weighted by atomic mass is 10.2. The smallest absolute Gasteiger partial charge is 0.0385 e. The summed E-state index contributed by atoms with van der Waals surface area (Å²) in [6.07, 6.45) is 4.82. The van der Waals surface area contributed by atoms with Gasteiger partial charge in [0.25, 0.3) is 0 Å². The highest BCUT2D eigenvalue weighted by Gasteiger charge is 1.95. The Morgan fingerprint density at radius 2 is 1.29 bits per heavy atom. The van der Waals surface area contributed by atoms with Gasteiger partial charge in [-0.3, -0.25) is 0 Å². The highest BCUT2D eigenvalue weighted by molar-refractivity contribution is 5.62. The van der Waals surface area contributed by atoms with Crippen LogP contribution in [0.1, 0.15) is 25.7 Å². The molecule has 0 aliphatic heterocycles. The Balaban J connectivity index is 1.72. The zero-order chi connectivity index (χ0) is 14.8. The maximum Gasteiger partial charge on any atom is 0.0385 e. The van der Waals surface area contributed by atoms with Crippen molar-refractivity contribution in [2.24, 2.45) is 5.73 Å². The van der Waals surface area contributed by atoms with E-state index in [4.69, 9.17) is 5.73 Å². The van der Waals surface area contributed by atoms with E-state index in [0.717, 1.165) is 30.9 Å². The molecular formula is C18H25N3. The normalized spacial score (nSPS) is 10.3. The SMILES string of the molecule is NCCCCCCNc1ccc(Nc2ccccc2)cc1. The van der Waals surface area contributed by atoms with E-state index in [1.165, 1.54) is 24.9 Å². The van der Waals surface area contributed by atoms with E-state index in [1.807, 2.05) is 18.2 Å². The van der Waals surface area contributed by atoms with Gasteiger partial charge in [0.05, 0.1) is 0 Å². The maximum atomic E-state index is 5.48. The van der Waals surface area contributed by atoms with Crippen molar-refractivity contribution >= 4 is 17.1 Å². The molecule has 112 valence electrons. The van der Waals surface area contributed by atoms with Gasteiger partial charge in [-0.2, -0.15) is 0 Å². The molecular weight excluding hydrogens is 258 g/mol. The van der Waals surface area contributed by atoms with Crippen molar-refractivity contribution in [2.45, 2.75) is 25.7 Å². The van der Waals surface area contributed by atoms with Crippen LogP contribution in [0.5, 0.6) is 0 Å². The van der Waals surface area contributed by atoms with Crippen molar-refractivity contribution in [1.29, 1.82) is 0 Å². The zero-order valence-corrected chi connectivity index (χ0v) is 12.5. The lowest BCUT2D eigenvalue weighted by Gasteiger charge is -2.09. The predicted molar refractivity (Wildman–Crippen MR) is 92.2 cm³/mol. The molecule has 4 N–H and O–H groups in total. The van der Waals surface area contributed by atoms with Crippen LogP contribution >= 0.6 is 0 Å². The lowest BCUT2D eigenvalue weighted by Crippen LogP contribution is -2.02. The van der Waals surface area contributed by atoms with Gasteiger partial charge in [0.2, 0.25) is 0 Å². The molecule has 3 heteroatoms. The number of unbranched alkanes of at least 4 members (excludes halogenated alkanes) is 3. The second-order valence-electron chi connectivity index (χ2n) is 5.20. The molecule has 3 nitrogen and oxygen atoms in total. The first-order valence-electron chi connectivity index (χ1n) is 7.74. The predicted octanol–water partition coefficient (Wildman–Crippen LogP) is 4.36.